The van der Waals surface area contributed by atoms with E-state index in [0.29, 0.717) is 0 Å². The van der Waals surface area contributed by atoms with Gasteiger partial charge < -0.3 is 5.41 Å². The number of rotatable bonds is 1. The predicted octanol–water partition coefficient (Wildman–Crippen LogP) is 2.13. The highest BCUT2D eigenvalue weighted by atomic mass is 32.1. The highest BCUT2D eigenvalue weighted by molar-refractivity contribution is 7.78. The molecule has 0 rings (SSSR count). The lowest BCUT2D eigenvalue weighted by Crippen LogP contribution is -1.48. The average Bonchev–Trinajstić information content (AvgIpc) is 1.91. The van der Waals surface area contributed by atoms with Crippen LogP contribution in [0.25, 0.3) is 0 Å². The van der Waals surface area contributed by atoms with Crippen molar-refractivity contribution < 1.29 is 0 Å². The molecule has 0 bridgehead atoms. The summed E-state index contributed by atoms with van der Waals surface area (Å²) in [6.45, 7) is 3.69. The number of thiol groups is 1. The van der Waals surface area contributed by atoms with Gasteiger partial charge in [0.15, 0.2) is 0 Å². The topological polar surface area (TPSA) is 36.2 Å². The summed E-state index contributed by atoms with van der Waals surface area (Å²) in [4.78, 5) is 0. The Balaban J connectivity index is 0. The molecule has 0 aromatic heterocycles. The van der Waals surface area contributed by atoms with Crippen LogP contribution in [0, 0.1) is 5.41 Å². The third-order valence-corrected chi connectivity index (χ3v) is 0.635. The Hall–Kier alpha value is -0.570. The van der Waals surface area contributed by atoms with Crippen LogP contribution in [0.15, 0.2) is 16.5 Å². The van der Waals surface area contributed by atoms with Gasteiger partial charge in [-0.2, -0.15) is 0 Å². The van der Waals surface area contributed by atoms with Crippen LogP contribution >= 0.6 is 12.8 Å². The molecule has 0 aromatic rings. The van der Waals surface area contributed by atoms with E-state index >= 15 is 0 Å². The van der Waals surface area contributed by atoms with Crippen LogP contribution in [0.2, 0.25) is 0 Å². The summed E-state index contributed by atoms with van der Waals surface area (Å²) in [5.74, 6) is 0. The van der Waals surface area contributed by atoms with Crippen molar-refractivity contribution in [2.45, 2.75) is 13.8 Å². The van der Waals surface area contributed by atoms with Crippen molar-refractivity contribution in [3.05, 3.63) is 12.2 Å². The standard InChI is InChI=1S/C4H7N.C2H5NS/c1-2-3-4-5;1-2-3-4/h2-5H,1H3;2,4H,1H3/b3-2+,5-4?;3-2+. The SMILES string of the molecule is C/C=C/C=N.C/C=N/S. The summed E-state index contributed by atoms with van der Waals surface area (Å²) >= 11 is 3.49. The molecule has 0 radical (unpaired) electrons. The maximum absolute atomic E-state index is 6.39. The van der Waals surface area contributed by atoms with Crippen molar-refractivity contribution in [2.24, 2.45) is 4.40 Å². The first kappa shape index (κ1) is 11.3. The molecule has 0 aliphatic carbocycles. The Morgan fingerprint density at radius 1 is 1.44 bits per heavy atom. The van der Waals surface area contributed by atoms with Crippen LogP contribution in [-0.4, -0.2) is 12.4 Å². The lowest BCUT2D eigenvalue weighted by Gasteiger charge is -1.54. The monoisotopic (exact) mass is 144 g/mol. The maximum atomic E-state index is 6.39. The van der Waals surface area contributed by atoms with E-state index in [1.165, 1.54) is 6.21 Å². The third kappa shape index (κ3) is 37.1. The minimum atomic E-state index is 1.25. The fraction of sp³-hybridized carbons (Fsp3) is 0.333. The zero-order chi connectivity index (χ0) is 7.54. The second-order valence-corrected chi connectivity index (χ2v) is 1.30. The van der Waals surface area contributed by atoms with Crippen molar-refractivity contribution in [1.29, 1.82) is 5.41 Å². The Labute approximate surface area is 61.8 Å². The van der Waals surface area contributed by atoms with Gasteiger partial charge in [-0.25, -0.2) is 4.40 Å². The van der Waals surface area contributed by atoms with Gasteiger partial charge in [0.05, 0.1) is 0 Å². The second-order valence-electron chi connectivity index (χ2n) is 1.07. The second kappa shape index (κ2) is 15.7. The molecule has 2 nitrogen and oxygen atoms in total. The Morgan fingerprint density at radius 3 is 1.89 bits per heavy atom. The van der Waals surface area contributed by atoms with Crippen LogP contribution < -0.4 is 0 Å². The summed E-state index contributed by atoms with van der Waals surface area (Å²) in [5.41, 5.74) is 0. The van der Waals surface area contributed by atoms with E-state index < -0.39 is 0 Å². The fourth-order valence-corrected chi connectivity index (χ4v) is 0.0962. The maximum Gasteiger partial charge on any atom is 0.0174 e. The Kier molecular flexibility index (Phi) is 19.6. The van der Waals surface area contributed by atoms with Gasteiger partial charge in [0.25, 0.3) is 0 Å². The summed E-state index contributed by atoms with van der Waals surface area (Å²) in [6.07, 6.45) is 6.34. The van der Waals surface area contributed by atoms with Crippen molar-refractivity contribution in [2.75, 3.05) is 0 Å². The molecule has 0 amide bonds. The molecule has 0 aromatic carbocycles. The van der Waals surface area contributed by atoms with Gasteiger partial charge in [0.2, 0.25) is 0 Å². The lowest BCUT2D eigenvalue weighted by molar-refractivity contribution is 1.57. The van der Waals surface area contributed by atoms with Gasteiger partial charge in [-0.05, 0) is 32.7 Å². The molecule has 0 aliphatic rings. The summed E-state index contributed by atoms with van der Waals surface area (Å²) in [5, 5.41) is 6.39. The molecule has 0 aliphatic heterocycles. The number of nitrogens with zero attached hydrogens (tertiary/aromatic N) is 1. The average molecular weight is 144 g/mol. The molecule has 3 heteroatoms. The van der Waals surface area contributed by atoms with E-state index in [1.807, 2.05) is 19.9 Å². The van der Waals surface area contributed by atoms with Crippen LogP contribution in [0.1, 0.15) is 13.8 Å². The van der Waals surface area contributed by atoms with Crippen LogP contribution in [0.5, 0.6) is 0 Å². The van der Waals surface area contributed by atoms with Gasteiger partial charge in [0.1, 0.15) is 0 Å². The van der Waals surface area contributed by atoms with Crippen molar-refractivity contribution in [3.8, 4) is 0 Å². The first-order valence-corrected chi connectivity index (χ1v) is 2.97. The van der Waals surface area contributed by atoms with Gasteiger partial charge in [-0.1, -0.05) is 6.08 Å². The fourth-order valence-electron chi connectivity index (χ4n) is 0.0962. The van der Waals surface area contributed by atoms with Gasteiger partial charge >= 0.3 is 0 Å². The summed E-state index contributed by atoms with van der Waals surface area (Å²) < 4.78 is 3.31. The van der Waals surface area contributed by atoms with Crippen molar-refractivity contribution in [3.63, 3.8) is 0 Å². The Bertz CT molecular complexity index is 93.2. The molecular weight excluding hydrogens is 132 g/mol. The third-order valence-electron chi connectivity index (χ3n) is 0.404. The molecule has 1 N–H and O–H groups in total. The number of allylic oxidation sites excluding steroid dienone is 2. The first-order valence-electron chi connectivity index (χ1n) is 2.57. The van der Waals surface area contributed by atoms with Crippen molar-refractivity contribution in [1.82, 2.24) is 0 Å². The highest BCUT2D eigenvalue weighted by Gasteiger charge is 1.43. The first-order chi connectivity index (χ1) is 4.33. The van der Waals surface area contributed by atoms with E-state index in [4.69, 9.17) is 5.41 Å². The van der Waals surface area contributed by atoms with E-state index in [0.717, 1.165) is 0 Å². The predicted molar refractivity (Wildman–Crippen MR) is 46.7 cm³/mol. The quantitative estimate of drug-likeness (QED) is 0.418. The molecule has 0 saturated carbocycles. The molecular formula is C6H12N2S. The number of hydrogen-bond donors (Lipinski definition) is 2. The van der Waals surface area contributed by atoms with Gasteiger partial charge in [0, 0.05) is 12.4 Å². The zero-order valence-corrected chi connectivity index (χ0v) is 6.60. The molecule has 0 spiro atoms. The normalized spacial score (nSPS) is 9.22. The highest BCUT2D eigenvalue weighted by Crippen LogP contribution is 1.62. The molecule has 0 unspecified atom stereocenters. The minimum absolute atomic E-state index is 1.25. The van der Waals surface area contributed by atoms with E-state index in [-0.39, 0.29) is 0 Å². The molecule has 52 valence electrons. The molecule has 0 atom stereocenters. The largest absolute Gasteiger partial charge is 0.309 e. The van der Waals surface area contributed by atoms with E-state index in [1.54, 1.807) is 12.3 Å². The minimum Gasteiger partial charge on any atom is -0.309 e. The molecule has 0 heterocycles. The molecule has 0 saturated heterocycles. The summed E-state index contributed by atoms with van der Waals surface area (Å²) in [7, 11) is 0. The van der Waals surface area contributed by atoms with E-state index in [2.05, 4.69) is 17.2 Å². The number of nitrogens with one attached hydrogen (secondary N) is 1. The summed E-state index contributed by atoms with van der Waals surface area (Å²) in [6, 6.07) is 0. The smallest absolute Gasteiger partial charge is 0.0174 e. The van der Waals surface area contributed by atoms with Gasteiger partial charge in [-0.3, -0.25) is 0 Å². The zero-order valence-electron chi connectivity index (χ0n) is 5.70. The Morgan fingerprint density at radius 2 is 1.89 bits per heavy atom. The van der Waals surface area contributed by atoms with Crippen LogP contribution in [-0.2, 0) is 0 Å². The molecule has 9 heavy (non-hydrogen) atoms. The van der Waals surface area contributed by atoms with E-state index in [9.17, 15) is 0 Å². The number of hydrogen-bond acceptors (Lipinski definition) is 3. The lowest BCUT2D eigenvalue weighted by atomic mass is 10.6. The van der Waals surface area contributed by atoms with Crippen LogP contribution in [0.3, 0.4) is 0 Å². The van der Waals surface area contributed by atoms with Crippen molar-refractivity contribution >= 4 is 25.2 Å². The van der Waals surface area contributed by atoms with Gasteiger partial charge in [-0.15, -0.1) is 0 Å². The van der Waals surface area contributed by atoms with Crippen LogP contribution in [0.4, 0.5) is 0 Å². The molecule has 0 fully saturated rings.